The van der Waals surface area contributed by atoms with Crippen LogP contribution in [-0.4, -0.2) is 62.6 Å². The van der Waals surface area contributed by atoms with Gasteiger partial charge in [-0.05, 0) is 101 Å². The van der Waals surface area contributed by atoms with Crippen LogP contribution in [-0.2, 0) is 16.0 Å². The highest BCUT2D eigenvalue weighted by Crippen LogP contribution is 2.30. The van der Waals surface area contributed by atoms with Crippen LogP contribution in [0.4, 0.5) is 4.79 Å². The van der Waals surface area contributed by atoms with Crippen LogP contribution in [0, 0.1) is 11.8 Å². The Kier molecular flexibility index (Phi) is 11.5. The molecular weight excluding hydrogens is 651 g/mol. The first-order chi connectivity index (χ1) is 25.1. The fourth-order valence-corrected chi connectivity index (χ4v) is 6.26. The third-order valence-corrected chi connectivity index (χ3v) is 9.00. The number of ether oxygens (including phenoxy) is 1. The topological polar surface area (TPSA) is 128 Å². The van der Waals surface area contributed by atoms with Crippen LogP contribution < -0.4 is 10.6 Å². The molecule has 1 saturated heterocycles. The monoisotopic (exact) mass is 697 g/mol. The maximum Gasteiger partial charge on any atom is 0.408 e. The van der Waals surface area contributed by atoms with Gasteiger partial charge in [0.1, 0.15) is 23.3 Å². The molecule has 5 aromatic rings. The molecule has 0 radical (unpaired) electrons. The van der Waals surface area contributed by atoms with Gasteiger partial charge in [0.2, 0.25) is 5.91 Å². The van der Waals surface area contributed by atoms with Gasteiger partial charge in [0.15, 0.2) is 0 Å². The lowest BCUT2D eigenvalue weighted by molar-refractivity contribution is -0.123. The van der Waals surface area contributed by atoms with E-state index in [9.17, 15) is 9.59 Å². The summed E-state index contributed by atoms with van der Waals surface area (Å²) in [7, 11) is 2.16. The smallest absolute Gasteiger partial charge is 0.408 e. The number of nitrogens with zero attached hydrogens (tertiary/aromatic N) is 3. The van der Waals surface area contributed by atoms with Crippen molar-refractivity contribution in [2.75, 3.05) is 20.1 Å². The number of alkyl carbamates (subject to hydrolysis) is 1. The number of aromatic amines is 2. The number of H-pyrrole nitrogens is 2. The van der Waals surface area contributed by atoms with Gasteiger partial charge >= 0.3 is 6.09 Å². The number of aromatic nitrogens is 4. The van der Waals surface area contributed by atoms with Gasteiger partial charge in [-0.15, -0.1) is 0 Å². The maximum absolute atomic E-state index is 13.1. The molecule has 2 amide bonds. The predicted octanol–water partition coefficient (Wildman–Crippen LogP) is 7.34. The van der Waals surface area contributed by atoms with Gasteiger partial charge in [-0.25, -0.2) is 14.8 Å². The van der Waals surface area contributed by atoms with Crippen LogP contribution in [0.2, 0.25) is 0 Å². The van der Waals surface area contributed by atoms with Crippen molar-refractivity contribution in [1.29, 1.82) is 0 Å². The summed E-state index contributed by atoms with van der Waals surface area (Å²) in [5.74, 6) is 8.20. The zero-order valence-electron chi connectivity index (χ0n) is 30.3. The molecule has 52 heavy (non-hydrogen) atoms. The van der Waals surface area contributed by atoms with E-state index in [1.54, 1.807) is 20.8 Å². The van der Waals surface area contributed by atoms with Crippen LogP contribution in [0.1, 0.15) is 86.9 Å². The molecule has 10 heteroatoms. The van der Waals surface area contributed by atoms with Crippen LogP contribution in [0.25, 0.3) is 22.5 Å². The first-order valence-corrected chi connectivity index (χ1v) is 18.0. The Balaban J connectivity index is 0.957. The molecule has 6 rings (SSSR count). The second-order valence-electron chi connectivity index (χ2n) is 14.2. The Morgan fingerprint density at radius 2 is 1.52 bits per heavy atom. The summed E-state index contributed by atoms with van der Waals surface area (Å²) in [6, 6.07) is 25.1. The van der Waals surface area contributed by atoms with Crippen LogP contribution in [0.3, 0.4) is 0 Å². The number of hydrogen-bond acceptors (Lipinski definition) is 6. The summed E-state index contributed by atoms with van der Waals surface area (Å²) < 4.78 is 5.38. The van der Waals surface area contributed by atoms with Gasteiger partial charge in [-0.3, -0.25) is 9.69 Å². The van der Waals surface area contributed by atoms with E-state index in [0.717, 1.165) is 77.5 Å². The molecular formula is C42H47N7O3. The van der Waals surface area contributed by atoms with Crippen LogP contribution >= 0.6 is 0 Å². The molecule has 268 valence electrons. The van der Waals surface area contributed by atoms with Crippen LogP contribution in [0.5, 0.6) is 0 Å². The molecule has 2 aromatic heterocycles. The number of rotatable bonds is 11. The van der Waals surface area contributed by atoms with Crippen molar-refractivity contribution in [2.45, 2.75) is 70.6 Å². The highest BCUT2D eigenvalue weighted by atomic mass is 16.6. The summed E-state index contributed by atoms with van der Waals surface area (Å²) >= 11 is 0. The molecule has 2 atom stereocenters. The molecule has 3 heterocycles. The quantitative estimate of drug-likeness (QED) is 0.0845. The predicted molar refractivity (Wildman–Crippen MR) is 203 cm³/mol. The van der Waals surface area contributed by atoms with E-state index in [1.165, 1.54) is 6.42 Å². The van der Waals surface area contributed by atoms with E-state index >= 15 is 0 Å². The Labute approximate surface area is 305 Å². The van der Waals surface area contributed by atoms with Crippen molar-refractivity contribution in [1.82, 2.24) is 35.5 Å². The third kappa shape index (κ3) is 9.77. The largest absolute Gasteiger partial charge is 0.444 e. The lowest BCUT2D eigenvalue weighted by Crippen LogP contribution is -2.42. The van der Waals surface area contributed by atoms with Crippen molar-refractivity contribution in [3.05, 3.63) is 120 Å². The van der Waals surface area contributed by atoms with E-state index in [2.05, 4.69) is 66.5 Å². The zero-order valence-corrected chi connectivity index (χ0v) is 30.3. The third-order valence-electron chi connectivity index (χ3n) is 9.00. The molecule has 0 saturated carbocycles. The number of nitrogens with one attached hydrogen (secondary N) is 4. The fraction of sp³-hybridized carbons (Fsp3) is 0.333. The van der Waals surface area contributed by atoms with Gasteiger partial charge in [-0.1, -0.05) is 66.4 Å². The average Bonchev–Trinajstić information content (AvgIpc) is 3.91. The normalized spacial score (nSPS) is 15.0. The second-order valence-corrected chi connectivity index (χ2v) is 14.2. The number of hydrogen-bond donors (Lipinski definition) is 4. The van der Waals surface area contributed by atoms with Gasteiger partial charge in [-0.2, -0.15) is 0 Å². The molecule has 4 N–H and O–H groups in total. The number of unbranched alkanes of at least 4 members (excludes halogenated alkanes) is 1. The first kappa shape index (κ1) is 36.1. The molecule has 2 unspecified atom stereocenters. The van der Waals surface area contributed by atoms with E-state index in [-0.39, 0.29) is 5.91 Å². The minimum atomic E-state index is -0.849. The second kappa shape index (κ2) is 16.6. The van der Waals surface area contributed by atoms with Gasteiger partial charge < -0.3 is 25.3 Å². The van der Waals surface area contributed by atoms with Crippen molar-refractivity contribution in [3.8, 4) is 34.4 Å². The fourth-order valence-electron chi connectivity index (χ4n) is 6.26. The van der Waals surface area contributed by atoms with Crippen molar-refractivity contribution >= 4 is 12.0 Å². The van der Waals surface area contributed by atoms with Gasteiger partial charge in [0.05, 0.1) is 29.8 Å². The van der Waals surface area contributed by atoms with Crippen molar-refractivity contribution < 1.29 is 14.3 Å². The van der Waals surface area contributed by atoms with Crippen molar-refractivity contribution in [2.24, 2.45) is 0 Å². The summed E-state index contributed by atoms with van der Waals surface area (Å²) in [5, 5.41) is 5.67. The molecule has 0 bridgehead atoms. The van der Waals surface area contributed by atoms with Gasteiger partial charge in [0, 0.05) is 24.1 Å². The molecule has 0 aliphatic carbocycles. The number of carbonyl (C=O) groups is 2. The Morgan fingerprint density at radius 1 is 0.885 bits per heavy atom. The number of aryl methyl sites for hydroxylation is 1. The Morgan fingerprint density at radius 3 is 2.13 bits per heavy atom. The highest BCUT2D eigenvalue weighted by molar-refractivity contribution is 5.86. The summed E-state index contributed by atoms with van der Waals surface area (Å²) in [6.45, 7) is 6.94. The maximum atomic E-state index is 13.1. The molecule has 1 aliphatic rings. The lowest BCUT2D eigenvalue weighted by atomic mass is 10.1. The average molecular weight is 698 g/mol. The number of imidazole rings is 2. The molecule has 0 spiro atoms. The minimum Gasteiger partial charge on any atom is -0.444 e. The zero-order chi connectivity index (χ0) is 36.5. The van der Waals surface area contributed by atoms with Crippen molar-refractivity contribution in [3.63, 3.8) is 0 Å². The van der Waals surface area contributed by atoms with E-state index in [0.29, 0.717) is 18.2 Å². The number of amides is 2. The SMILES string of the molecule is CN1CCCC1c1ncc(-c2ccc(C#Cc3ccc(-c4cnc(CCCCNC(=O)C(NC(=O)OC(C)(C)C)c5ccccc5)[nH]4)cc3)cc2)[nH]1. The first-order valence-electron chi connectivity index (χ1n) is 18.0. The summed E-state index contributed by atoms with van der Waals surface area (Å²) in [5.41, 5.74) is 6.01. The Bertz CT molecular complexity index is 2000. The summed E-state index contributed by atoms with van der Waals surface area (Å²) in [4.78, 5) is 44.0. The lowest BCUT2D eigenvalue weighted by Gasteiger charge is -2.23. The molecule has 1 fully saturated rings. The standard InChI is InChI=1S/C42H47N7O3/c1-42(2,3)52-41(51)48-38(33-11-6-5-7-12-33)40(50)43-25-9-8-14-37-44-27-34(46-37)31-21-17-29(18-22-31)15-16-30-19-23-32(24-20-30)35-28-45-39(47-35)36-13-10-26-49(36)4/h5-7,11-12,17-24,27-28,36,38H,8-10,13-14,25-26H2,1-4H3,(H,43,50)(H,44,46)(H,45,47)(H,48,51). The van der Waals surface area contributed by atoms with Gasteiger partial charge in [0.25, 0.3) is 0 Å². The molecule has 3 aromatic carbocycles. The summed E-state index contributed by atoms with van der Waals surface area (Å²) in [6.07, 6.45) is 7.82. The molecule has 1 aliphatic heterocycles. The number of carbonyl (C=O) groups excluding carboxylic acids is 2. The van der Waals surface area contributed by atoms with Crippen LogP contribution in [0.15, 0.2) is 91.3 Å². The highest BCUT2D eigenvalue weighted by Gasteiger charge is 2.26. The molecule has 10 nitrogen and oxygen atoms in total. The minimum absolute atomic E-state index is 0.283. The Hall–Kier alpha value is -5.66. The van der Waals surface area contributed by atoms with E-state index < -0.39 is 17.7 Å². The number of likely N-dealkylation sites (tertiary alicyclic amines) is 1. The van der Waals surface area contributed by atoms with E-state index in [4.69, 9.17) is 4.74 Å². The number of benzene rings is 3. The van der Waals surface area contributed by atoms with E-state index in [1.807, 2.05) is 79.1 Å².